The summed E-state index contributed by atoms with van der Waals surface area (Å²) in [5.74, 6) is 0.132. The number of aliphatic hydroxyl groups is 1. The minimum Gasteiger partial charge on any atom is -0.508 e. The van der Waals surface area contributed by atoms with Gasteiger partial charge in [0, 0.05) is 0 Å². The van der Waals surface area contributed by atoms with Crippen molar-refractivity contribution in [2.75, 3.05) is 6.61 Å². The molecule has 0 spiro atoms. The third kappa shape index (κ3) is 6.77. The molecule has 2 N–H and O–H groups in total. The fraction of sp³-hybridized carbons (Fsp3) is 0.222. The van der Waals surface area contributed by atoms with Gasteiger partial charge in [-0.15, -0.1) is 0 Å². The molecule has 3 nitrogen and oxygen atoms in total. The molecule has 0 atom stereocenters. The van der Waals surface area contributed by atoms with E-state index >= 15 is 0 Å². The Bertz CT molecular complexity index is 218. The molecule has 12 heavy (non-hydrogen) atoms. The number of aliphatic hydroxyl groups excluding tert-OH is 1. The summed E-state index contributed by atoms with van der Waals surface area (Å²) in [7, 11) is 0. The van der Waals surface area contributed by atoms with Crippen LogP contribution in [0.4, 0.5) is 0 Å². The molecule has 0 fully saturated rings. The van der Waals surface area contributed by atoms with E-state index in [9.17, 15) is 4.79 Å². The van der Waals surface area contributed by atoms with Crippen LogP contribution in [0.3, 0.4) is 0 Å². The number of ketones is 1. The molecule has 0 bridgehead atoms. The lowest BCUT2D eigenvalue weighted by Gasteiger charge is -1.82. The summed E-state index contributed by atoms with van der Waals surface area (Å²) in [6, 6.07) is 8.71. The zero-order valence-electron chi connectivity index (χ0n) is 6.90. The smallest absolute Gasteiger partial charge is 0.155 e. The van der Waals surface area contributed by atoms with Gasteiger partial charge in [0.15, 0.2) is 5.78 Å². The zero-order valence-corrected chi connectivity index (χ0v) is 6.90. The number of aromatic hydroxyl groups is 1. The quantitative estimate of drug-likeness (QED) is 0.656. The highest BCUT2D eigenvalue weighted by Gasteiger charge is 1.78. The number of carbonyl (C=O) groups excluding carboxylic acids is 1. The summed E-state index contributed by atoms with van der Waals surface area (Å²) in [6.45, 7) is 1.000. The van der Waals surface area contributed by atoms with Crippen LogP contribution in [0.2, 0.25) is 0 Å². The van der Waals surface area contributed by atoms with Crippen LogP contribution in [0.25, 0.3) is 0 Å². The average Bonchev–Trinajstić information content (AvgIpc) is 2.07. The molecule has 0 aliphatic carbocycles. The molecule has 66 valence electrons. The third-order valence-corrected chi connectivity index (χ3v) is 0.979. The van der Waals surface area contributed by atoms with Crippen LogP contribution in [0.1, 0.15) is 6.92 Å². The van der Waals surface area contributed by atoms with Crippen molar-refractivity contribution in [1.82, 2.24) is 0 Å². The van der Waals surface area contributed by atoms with Crippen LogP contribution in [-0.4, -0.2) is 22.6 Å². The van der Waals surface area contributed by atoms with E-state index in [1.165, 1.54) is 6.92 Å². The van der Waals surface area contributed by atoms with Gasteiger partial charge in [-0.3, -0.25) is 4.79 Å². The standard InChI is InChI=1S/C6H6O.C3H6O2/c7-6-4-2-1-3-5-6;1-3(5)2-4/h1-5,7H;4H,2H2,1H3. The average molecular weight is 168 g/mol. The van der Waals surface area contributed by atoms with Gasteiger partial charge in [0.25, 0.3) is 0 Å². The Morgan fingerprint density at radius 3 is 1.92 bits per heavy atom. The Labute approximate surface area is 71.3 Å². The Hall–Kier alpha value is -1.35. The largest absolute Gasteiger partial charge is 0.508 e. The van der Waals surface area contributed by atoms with Crippen LogP contribution in [0.15, 0.2) is 30.3 Å². The van der Waals surface area contributed by atoms with E-state index in [4.69, 9.17) is 10.2 Å². The normalized spacial score (nSPS) is 8.17. The molecule has 1 rings (SSSR count). The molecule has 0 radical (unpaired) electrons. The van der Waals surface area contributed by atoms with Crippen molar-refractivity contribution in [1.29, 1.82) is 0 Å². The molecule has 0 amide bonds. The van der Waals surface area contributed by atoms with Gasteiger partial charge < -0.3 is 10.2 Å². The first-order chi connectivity index (χ1) is 5.66. The molecule has 0 aliphatic rings. The number of Topliss-reactive ketones (excluding diaryl/α,β-unsaturated/α-hetero) is 1. The number of hydrogen-bond acceptors (Lipinski definition) is 3. The van der Waals surface area contributed by atoms with Gasteiger partial charge in [-0.2, -0.15) is 0 Å². The topological polar surface area (TPSA) is 57.5 Å². The first kappa shape index (κ1) is 10.7. The number of rotatable bonds is 1. The van der Waals surface area contributed by atoms with E-state index in [2.05, 4.69) is 0 Å². The maximum Gasteiger partial charge on any atom is 0.155 e. The summed E-state index contributed by atoms with van der Waals surface area (Å²) in [5, 5.41) is 16.4. The first-order valence-corrected chi connectivity index (χ1v) is 3.51. The maximum atomic E-state index is 9.56. The maximum absolute atomic E-state index is 9.56. The molecule has 0 saturated heterocycles. The molecular formula is C9H12O3. The highest BCUT2D eigenvalue weighted by Crippen LogP contribution is 2.02. The Kier molecular flexibility index (Phi) is 5.65. The van der Waals surface area contributed by atoms with Gasteiger partial charge in [0.1, 0.15) is 12.4 Å². The molecule has 1 aromatic carbocycles. The van der Waals surface area contributed by atoms with Crippen molar-refractivity contribution < 1.29 is 15.0 Å². The van der Waals surface area contributed by atoms with Crippen molar-refractivity contribution in [2.24, 2.45) is 0 Å². The second kappa shape index (κ2) is 6.37. The Balaban J connectivity index is 0.000000217. The minimum absolute atomic E-state index is 0.190. The van der Waals surface area contributed by atoms with Crippen molar-refractivity contribution >= 4 is 5.78 Å². The SMILES string of the molecule is CC(=O)CO.Oc1ccccc1. The lowest BCUT2D eigenvalue weighted by Crippen LogP contribution is -1.93. The second-order valence-corrected chi connectivity index (χ2v) is 2.20. The van der Waals surface area contributed by atoms with E-state index < -0.39 is 0 Å². The Morgan fingerprint density at radius 2 is 1.75 bits per heavy atom. The van der Waals surface area contributed by atoms with Crippen LogP contribution in [0, 0.1) is 0 Å². The number of phenolic OH excluding ortho intramolecular Hbond substituents is 1. The predicted molar refractivity (Wildman–Crippen MR) is 45.9 cm³/mol. The molecule has 0 heterocycles. The van der Waals surface area contributed by atoms with E-state index in [1.54, 1.807) is 24.3 Å². The summed E-state index contributed by atoms with van der Waals surface area (Å²) in [4.78, 5) is 9.56. The molecular weight excluding hydrogens is 156 g/mol. The molecule has 1 aromatic rings. The van der Waals surface area contributed by atoms with E-state index in [-0.39, 0.29) is 12.4 Å². The van der Waals surface area contributed by atoms with Crippen LogP contribution in [-0.2, 0) is 4.79 Å². The fourth-order valence-electron chi connectivity index (χ4n) is 0.428. The number of phenols is 1. The number of para-hydroxylation sites is 1. The minimum atomic E-state index is -0.333. The van der Waals surface area contributed by atoms with Gasteiger partial charge >= 0.3 is 0 Å². The fourth-order valence-corrected chi connectivity index (χ4v) is 0.428. The highest BCUT2D eigenvalue weighted by atomic mass is 16.3. The van der Waals surface area contributed by atoms with Gasteiger partial charge in [-0.05, 0) is 19.1 Å². The van der Waals surface area contributed by atoms with Gasteiger partial charge in [0.05, 0.1) is 0 Å². The zero-order chi connectivity index (χ0) is 9.40. The molecule has 0 saturated carbocycles. The first-order valence-electron chi connectivity index (χ1n) is 3.51. The monoisotopic (exact) mass is 168 g/mol. The number of carbonyl (C=O) groups is 1. The highest BCUT2D eigenvalue weighted by molar-refractivity contribution is 5.76. The van der Waals surface area contributed by atoms with Gasteiger partial charge in [-0.25, -0.2) is 0 Å². The van der Waals surface area contributed by atoms with Gasteiger partial charge in [0.2, 0.25) is 0 Å². The van der Waals surface area contributed by atoms with Crippen molar-refractivity contribution in [3.63, 3.8) is 0 Å². The lowest BCUT2D eigenvalue weighted by atomic mass is 10.3. The Morgan fingerprint density at radius 1 is 1.33 bits per heavy atom. The molecule has 0 aliphatic heterocycles. The number of hydrogen-bond donors (Lipinski definition) is 2. The third-order valence-electron chi connectivity index (χ3n) is 0.979. The summed E-state index contributed by atoms with van der Waals surface area (Å²) >= 11 is 0. The van der Waals surface area contributed by atoms with Crippen molar-refractivity contribution in [3.8, 4) is 5.75 Å². The van der Waals surface area contributed by atoms with E-state index in [1.807, 2.05) is 6.07 Å². The van der Waals surface area contributed by atoms with Crippen molar-refractivity contribution in [3.05, 3.63) is 30.3 Å². The number of benzene rings is 1. The second-order valence-electron chi connectivity index (χ2n) is 2.20. The van der Waals surface area contributed by atoms with Crippen LogP contribution >= 0.6 is 0 Å². The van der Waals surface area contributed by atoms with Crippen LogP contribution in [0.5, 0.6) is 5.75 Å². The van der Waals surface area contributed by atoms with E-state index in [0.29, 0.717) is 5.75 Å². The molecule has 0 unspecified atom stereocenters. The van der Waals surface area contributed by atoms with Crippen LogP contribution < -0.4 is 0 Å². The van der Waals surface area contributed by atoms with Crippen molar-refractivity contribution in [2.45, 2.75) is 6.92 Å². The molecule has 3 heteroatoms. The lowest BCUT2D eigenvalue weighted by molar-refractivity contribution is -0.119. The summed E-state index contributed by atoms with van der Waals surface area (Å²) in [6.07, 6.45) is 0. The van der Waals surface area contributed by atoms with E-state index in [0.717, 1.165) is 0 Å². The summed E-state index contributed by atoms with van der Waals surface area (Å²) in [5.41, 5.74) is 0. The van der Waals surface area contributed by atoms with Gasteiger partial charge in [-0.1, -0.05) is 18.2 Å². The predicted octanol–water partition coefficient (Wildman–Crippen LogP) is 0.960. The summed E-state index contributed by atoms with van der Waals surface area (Å²) < 4.78 is 0. The molecule has 0 aromatic heterocycles.